The van der Waals surface area contributed by atoms with Gasteiger partial charge in [0.1, 0.15) is 0 Å². The summed E-state index contributed by atoms with van der Waals surface area (Å²) in [5.74, 6) is 1.81. The Kier molecular flexibility index (Phi) is 9.67. The van der Waals surface area contributed by atoms with Crippen molar-refractivity contribution in [2.75, 3.05) is 0 Å². The van der Waals surface area contributed by atoms with Gasteiger partial charge in [0.2, 0.25) is 0 Å². The molecule has 0 spiro atoms. The maximum Gasteiger partial charge on any atom is 0.164 e. The van der Waals surface area contributed by atoms with Crippen LogP contribution in [0.3, 0.4) is 0 Å². The first-order chi connectivity index (χ1) is 34.3. The number of benzene rings is 10. The summed E-state index contributed by atoms with van der Waals surface area (Å²) >= 11 is 0. The van der Waals surface area contributed by atoms with Crippen LogP contribution >= 0.6 is 0 Å². The van der Waals surface area contributed by atoms with Crippen LogP contribution in [0.1, 0.15) is 26.3 Å². The molecule has 0 saturated carbocycles. The molecule has 3 heterocycles. The third kappa shape index (κ3) is 6.97. The molecule has 5 heteroatoms. The summed E-state index contributed by atoms with van der Waals surface area (Å²) in [4.78, 5) is 15.9. The molecule has 0 aliphatic rings. The summed E-state index contributed by atoms with van der Waals surface area (Å²) in [6.45, 7) is 6.82. The van der Waals surface area contributed by atoms with Crippen molar-refractivity contribution in [2.24, 2.45) is 0 Å². The van der Waals surface area contributed by atoms with Gasteiger partial charge in [0.15, 0.2) is 17.5 Å². The molecule has 3 aromatic heterocycles. The standard InChI is InChI=1S/C65H47N5/c1-65(2,3)48-22-12-19-45(39-48)52-30-16-18-43-17-15-29-51(61(43)52)42-35-37-44(38-36-42)62-66-63(46-20-13-23-49(40-46)69-57-31-8-4-25-53(57)54-26-5-9-32-58(54)69)68-64(67-62)47-21-14-24-50(41-47)70-59-33-10-6-27-55(59)56-28-7-11-34-60(56)70/h4-41H,1-3H3. The Balaban J connectivity index is 0.962. The Morgan fingerprint density at radius 2 is 0.700 bits per heavy atom. The zero-order valence-electron chi connectivity index (χ0n) is 39.2. The van der Waals surface area contributed by atoms with Gasteiger partial charge in [-0.25, -0.2) is 15.0 Å². The van der Waals surface area contributed by atoms with Crippen LogP contribution < -0.4 is 0 Å². The van der Waals surface area contributed by atoms with E-state index in [1.54, 1.807) is 0 Å². The highest BCUT2D eigenvalue weighted by atomic mass is 15.0. The summed E-state index contributed by atoms with van der Waals surface area (Å²) in [6, 6.07) is 82.6. The van der Waals surface area contributed by atoms with E-state index in [9.17, 15) is 0 Å². The third-order valence-electron chi connectivity index (χ3n) is 13.9. The lowest BCUT2D eigenvalue weighted by atomic mass is 9.84. The number of hydrogen-bond donors (Lipinski definition) is 0. The van der Waals surface area contributed by atoms with Gasteiger partial charge in [-0.05, 0) is 92.5 Å². The van der Waals surface area contributed by atoms with Gasteiger partial charge in [0, 0.05) is 49.6 Å². The van der Waals surface area contributed by atoms with Crippen molar-refractivity contribution in [3.05, 3.63) is 236 Å². The van der Waals surface area contributed by atoms with Crippen LogP contribution in [0.4, 0.5) is 0 Å². The maximum absolute atomic E-state index is 5.31. The lowest BCUT2D eigenvalue weighted by Gasteiger charge is -2.20. The van der Waals surface area contributed by atoms with Gasteiger partial charge in [0.05, 0.1) is 22.1 Å². The summed E-state index contributed by atoms with van der Waals surface area (Å²) in [5.41, 5.74) is 15.5. The molecule has 10 aromatic carbocycles. The van der Waals surface area contributed by atoms with Crippen LogP contribution in [0.5, 0.6) is 0 Å². The SMILES string of the molecule is CC(C)(C)c1cccc(-c2cccc3cccc(-c4ccc(-c5nc(-c6cccc(-n7c8ccccc8c8ccccc87)c6)nc(-c6cccc(-n7c8ccccc8c8ccccc87)c6)n5)cc4)c23)c1. The van der Waals surface area contributed by atoms with Crippen molar-refractivity contribution in [3.8, 4) is 67.8 Å². The Morgan fingerprint density at radius 3 is 1.17 bits per heavy atom. The average Bonchev–Trinajstić information content (AvgIpc) is 3.93. The van der Waals surface area contributed by atoms with E-state index < -0.39 is 0 Å². The molecule has 0 radical (unpaired) electrons. The lowest BCUT2D eigenvalue weighted by Crippen LogP contribution is -2.10. The van der Waals surface area contributed by atoms with Gasteiger partial charge in [-0.1, -0.05) is 203 Å². The van der Waals surface area contributed by atoms with Crippen molar-refractivity contribution in [1.29, 1.82) is 0 Å². The van der Waals surface area contributed by atoms with Crippen LogP contribution in [0.2, 0.25) is 0 Å². The molecule has 332 valence electrons. The molecule has 0 bridgehead atoms. The second kappa shape index (κ2) is 16.4. The van der Waals surface area contributed by atoms with Crippen LogP contribution in [0.25, 0.3) is 122 Å². The second-order valence-electron chi connectivity index (χ2n) is 19.3. The smallest absolute Gasteiger partial charge is 0.164 e. The number of para-hydroxylation sites is 4. The van der Waals surface area contributed by atoms with Crippen molar-refractivity contribution in [3.63, 3.8) is 0 Å². The molecule has 70 heavy (non-hydrogen) atoms. The molecule has 13 rings (SSSR count). The van der Waals surface area contributed by atoms with E-state index in [1.807, 2.05) is 0 Å². The van der Waals surface area contributed by atoms with Crippen LogP contribution in [-0.2, 0) is 5.41 Å². The van der Waals surface area contributed by atoms with E-state index in [1.165, 1.54) is 54.6 Å². The first-order valence-electron chi connectivity index (χ1n) is 24.0. The Hall–Kier alpha value is -8.93. The summed E-state index contributed by atoms with van der Waals surface area (Å²) < 4.78 is 4.68. The minimum absolute atomic E-state index is 0.0400. The highest BCUT2D eigenvalue weighted by molar-refractivity contribution is 6.11. The molecule has 0 atom stereocenters. The number of aromatic nitrogens is 5. The number of hydrogen-bond acceptors (Lipinski definition) is 3. The molecule has 0 unspecified atom stereocenters. The Bertz CT molecular complexity index is 3880. The quantitative estimate of drug-likeness (QED) is 0.160. The Labute approximate surface area is 406 Å². The summed E-state index contributed by atoms with van der Waals surface area (Å²) in [6.07, 6.45) is 0. The van der Waals surface area contributed by atoms with Crippen molar-refractivity contribution < 1.29 is 0 Å². The van der Waals surface area contributed by atoms with Crippen molar-refractivity contribution in [2.45, 2.75) is 26.2 Å². The molecule has 0 saturated heterocycles. The largest absolute Gasteiger partial charge is 0.309 e. The molecular formula is C65H47N5. The first kappa shape index (κ1) is 41.3. The van der Waals surface area contributed by atoms with Crippen molar-refractivity contribution >= 4 is 54.4 Å². The molecule has 0 fully saturated rings. The minimum Gasteiger partial charge on any atom is -0.309 e. The van der Waals surface area contributed by atoms with E-state index in [2.05, 4.69) is 260 Å². The minimum atomic E-state index is 0.0400. The fraction of sp³-hybridized carbons (Fsp3) is 0.0615. The lowest BCUT2D eigenvalue weighted by molar-refractivity contribution is 0.590. The summed E-state index contributed by atoms with van der Waals surface area (Å²) in [5, 5.41) is 7.31. The number of nitrogens with zero attached hydrogens (tertiary/aromatic N) is 5. The fourth-order valence-corrected chi connectivity index (χ4v) is 10.5. The Morgan fingerprint density at radius 1 is 0.314 bits per heavy atom. The van der Waals surface area contributed by atoms with Gasteiger partial charge in [-0.2, -0.15) is 0 Å². The number of rotatable bonds is 7. The second-order valence-corrected chi connectivity index (χ2v) is 19.3. The van der Waals surface area contributed by atoms with Crippen LogP contribution in [0.15, 0.2) is 231 Å². The predicted octanol–water partition coefficient (Wildman–Crippen LogP) is 16.9. The van der Waals surface area contributed by atoms with Crippen LogP contribution in [0, 0.1) is 0 Å². The molecule has 0 amide bonds. The van der Waals surface area contributed by atoms with Gasteiger partial charge >= 0.3 is 0 Å². The molecular weight excluding hydrogens is 851 g/mol. The van der Waals surface area contributed by atoms with Gasteiger partial charge in [-0.3, -0.25) is 0 Å². The van der Waals surface area contributed by atoms with Gasteiger partial charge < -0.3 is 9.13 Å². The van der Waals surface area contributed by atoms with Gasteiger partial charge in [-0.15, -0.1) is 0 Å². The van der Waals surface area contributed by atoms with E-state index in [4.69, 9.17) is 15.0 Å². The molecule has 13 aromatic rings. The van der Waals surface area contributed by atoms with E-state index in [0.29, 0.717) is 17.5 Å². The predicted molar refractivity (Wildman–Crippen MR) is 292 cm³/mol. The average molecular weight is 898 g/mol. The highest BCUT2D eigenvalue weighted by Gasteiger charge is 2.20. The summed E-state index contributed by atoms with van der Waals surface area (Å²) in [7, 11) is 0. The van der Waals surface area contributed by atoms with E-state index in [0.717, 1.165) is 55.7 Å². The molecule has 0 N–H and O–H groups in total. The van der Waals surface area contributed by atoms with Crippen LogP contribution in [-0.4, -0.2) is 24.1 Å². The molecule has 0 aliphatic carbocycles. The first-order valence-corrected chi connectivity index (χ1v) is 24.0. The highest BCUT2D eigenvalue weighted by Crippen LogP contribution is 2.40. The number of fused-ring (bicyclic) bond motifs is 7. The van der Waals surface area contributed by atoms with E-state index >= 15 is 0 Å². The normalized spacial score (nSPS) is 11.9. The molecule has 0 aliphatic heterocycles. The molecule has 5 nitrogen and oxygen atoms in total. The van der Waals surface area contributed by atoms with Gasteiger partial charge in [0.25, 0.3) is 0 Å². The monoisotopic (exact) mass is 897 g/mol. The van der Waals surface area contributed by atoms with Crippen molar-refractivity contribution in [1.82, 2.24) is 24.1 Å². The topological polar surface area (TPSA) is 48.5 Å². The van der Waals surface area contributed by atoms with E-state index in [-0.39, 0.29) is 5.41 Å². The third-order valence-corrected chi connectivity index (χ3v) is 13.9. The fourth-order valence-electron chi connectivity index (χ4n) is 10.5. The maximum atomic E-state index is 5.31. The zero-order chi connectivity index (χ0) is 46.9. The zero-order valence-corrected chi connectivity index (χ0v) is 39.2.